The normalized spacial score (nSPS) is 11.3. The van der Waals surface area contributed by atoms with Crippen molar-refractivity contribution in [2.75, 3.05) is 6.54 Å². The van der Waals surface area contributed by atoms with Crippen LogP contribution in [0.25, 0.3) is 0 Å². The second kappa shape index (κ2) is 7.22. The van der Waals surface area contributed by atoms with E-state index < -0.39 is 0 Å². The number of aromatic nitrogens is 3. The highest BCUT2D eigenvalue weighted by Crippen LogP contribution is 2.12. The molecule has 0 saturated carbocycles. The van der Waals surface area contributed by atoms with Gasteiger partial charge in [-0.3, -0.25) is 4.79 Å². The van der Waals surface area contributed by atoms with Gasteiger partial charge in [0, 0.05) is 24.2 Å². The van der Waals surface area contributed by atoms with E-state index in [0.717, 1.165) is 17.8 Å². The maximum Gasteiger partial charge on any atom is 0.270 e. The number of H-pyrrole nitrogens is 1. The molecule has 2 aromatic rings. The highest BCUT2D eigenvalue weighted by molar-refractivity contribution is 5.92. The van der Waals surface area contributed by atoms with Gasteiger partial charge in [0.2, 0.25) is 0 Å². The molecule has 0 fully saturated rings. The number of carbonyl (C=O) groups excluding carboxylic acids is 1. The summed E-state index contributed by atoms with van der Waals surface area (Å²) in [6.07, 6.45) is 5.69. The monoisotopic (exact) mass is 283 g/mol. The molecule has 6 nitrogen and oxygen atoms in total. The van der Waals surface area contributed by atoms with Gasteiger partial charge in [-0.25, -0.2) is 9.97 Å². The summed E-state index contributed by atoms with van der Waals surface area (Å²) in [6, 6.07) is 3.23. The van der Waals surface area contributed by atoms with Crippen molar-refractivity contribution < 1.29 is 4.79 Å². The molecule has 1 amide bonds. The van der Waals surface area contributed by atoms with Gasteiger partial charge in [0.05, 0.1) is 12.6 Å². The molecule has 0 saturated heterocycles. The minimum atomic E-state index is -0.239. The fraction of sp³-hybridized carbons (Fsp3) is 0.267. The largest absolute Gasteiger partial charge is 0.347 e. The van der Waals surface area contributed by atoms with Crippen LogP contribution < -0.4 is 11.1 Å². The van der Waals surface area contributed by atoms with E-state index in [-0.39, 0.29) is 11.9 Å². The van der Waals surface area contributed by atoms with Crippen LogP contribution in [-0.2, 0) is 0 Å². The third-order valence-corrected chi connectivity index (χ3v) is 2.89. The van der Waals surface area contributed by atoms with Crippen molar-refractivity contribution in [3.63, 3.8) is 0 Å². The van der Waals surface area contributed by atoms with Crippen molar-refractivity contribution in [1.29, 1.82) is 0 Å². The van der Waals surface area contributed by atoms with E-state index in [1.165, 1.54) is 0 Å². The first-order chi connectivity index (χ1) is 10.2. The highest BCUT2D eigenvalue weighted by Gasteiger charge is 2.16. The third-order valence-electron chi connectivity index (χ3n) is 2.89. The summed E-state index contributed by atoms with van der Waals surface area (Å²) in [4.78, 5) is 23.4. The molecule has 2 heterocycles. The van der Waals surface area contributed by atoms with Crippen LogP contribution in [0.3, 0.4) is 0 Å². The Morgan fingerprint density at radius 3 is 2.90 bits per heavy atom. The van der Waals surface area contributed by atoms with E-state index in [1.807, 2.05) is 6.92 Å². The average Bonchev–Trinajstić information content (AvgIpc) is 3.05. The van der Waals surface area contributed by atoms with Gasteiger partial charge >= 0.3 is 0 Å². The van der Waals surface area contributed by atoms with Crippen LogP contribution in [-0.4, -0.2) is 27.4 Å². The zero-order valence-corrected chi connectivity index (χ0v) is 11.8. The second-order valence-electron chi connectivity index (χ2n) is 4.35. The number of nitrogens with one attached hydrogen (secondary N) is 2. The molecular formula is C15H17N5O. The highest BCUT2D eigenvalue weighted by atomic mass is 16.1. The lowest BCUT2D eigenvalue weighted by Gasteiger charge is -2.14. The van der Waals surface area contributed by atoms with Crippen molar-refractivity contribution in [3.8, 4) is 11.8 Å². The number of nitrogens with zero attached hydrogens (tertiary/aromatic N) is 2. The first kappa shape index (κ1) is 14.8. The average molecular weight is 283 g/mol. The van der Waals surface area contributed by atoms with E-state index in [9.17, 15) is 4.79 Å². The molecule has 0 spiro atoms. The number of imidazole rings is 1. The van der Waals surface area contributed by atoms with Gasteiger partial charge < -0.3 is 16.0 Å². The molecule has 108 valence electrons. The number of carbonyl (C=O) groups is 1. The number of nitrogens with two attached hydrogens (primary N) is 1. The smallest absolute Gasteiger partial charge is 0.270 e. The van der Waals surface area contributed by atoms with Gasteiger partial charge in [-0.2, -0.15) is 0 Å². The molecule has 0 aromatic carbocycles. The Morgan fingerprint density at radius 2 is 2.33 bits per heavy atom. The Hall–Kier alpha value is -2.65. The lowest BCUT2D eigenvalue weighted by Crippen LogP contribution is -2.29. The van der Waals surface area contributed by atoms with Crippen molar-refractivity contribution in [2.45, 2.75) is 19.4 Å². The Labute approximate surface area is 123 Å². The number of hydrogen-bond acceptors (Lipinski definition) is 4. The fourth-order valence-electron chi connectivity index (χ4n) is 1.82. The van der Waals surface area contributed by atoms with E-state index in [0.29, 0.717) is 12.2 Å². The molecule has 0 aliphatic heterocycles. The van der Waals surface area contributed by atoms with Crippen LogP contribution in [0.2, 0.25) is 0 Å². The Balaban J connectivity index is 2.06. The SMILES string of the molecule is CCC(NC(=O)c1ccc(C#CCN)cn1)c1ncc[nH]1. The van der Waals surface area contributed by atoms with Gasteiger partial charge in [0.15, 0.2) is 0 Å². The molecule has 21 heavy (non-hydrogen) atoms. The first-order valence-electron chi connectivity index (χ1n) is 6.69. The van der Waals surface area contributed by atoms with Crippen LogP contribution in [0.5, 0.6) is 0 Å². The summed E-state index contributed by atoms with van der Waals surface area (Å²) < 4.78 is 0. The number of hydrogen-bond donors (Lipinski definition) is 3. The van der Waals surface area contributed by atoms with Gasteiger partial charge in [0.25, 0.3) is 5.91 Å². The molecular weight excluding hydrogens is 266 g/mol. The maximum atomic E-state index is 12.2. The van der Waals surface area contributed by atoms with Gasteiger partial charge in [-0.15, -0.1) is 0 Å². The Kier molecular flexibility index (Phi) is 5.07. The van der Waals surface area contributed by atoms with Crippen LogP contribution >= 0.6 is 0 Å². The number of aromatic amines is 1. The minimum Gasteiger partial charge on any atom is -0.347 e. The quantitative estimate of drug-likeness (QED) is 0.729. The van der Waals surface area contributed by atoms with Gasteiger partial charge in [-0.1, -0.05) is 18.8 Å². The summed E-state index contributed by atoms with van der Waals surface area (Å²) in [7, 11) is 0. The molecule has 0 radical (unpaired) electrons. The summed E-state index contributed by atoms with van der Waals surface area (Å²) in [5.74, 6) is 6.09. The maximum absolute atomic E-state index is 12.2. The number of amides is 1. The van der Waals surface area contributed by atoms with E-state index in [4.69, 9.17) is 5.73 Å². The summed E-state index contributed by atoms with van der Waals surface area (Å²) in [5, 5.41) is 2.90. The van der Waals surface area contributed by atoms with Crippen LogP contribution in [0.4, 0.5) is 0 Å². The molecule has 0 bridgehead atoms. The molecule has 2 rings (SSSR count). The molecule has 2 aromatic heterocycles. The predicted octanol–water partition coefficient (Wildman–Crippen LogP) is 0.996. The molecule has 0 aliphatic rings. The minimum absolute atomic E-state index is 0.161. The van der Waals surface area contributed by atoms with Crippen LogP contribution in [0.15, 0.2) is 30.7 Å². The standard InChI is InChI=1S/C15H17N5O/c1-2-12(14-17-8-9-18-14)20-15(21)13-6-5-11(10-19-13)4-3-7-16/h5-6,8-10,12H,2,7,16H2,1H3,(H,17,18)(H,20,21). The first-order valence-corrected chi connectivity index (χ1v) is 6.69. The second-order valence-corrected chi connectivity index (χ2v) is 4.35. The number of pyridine rings is 1. The van der Waals surface area contributed by atoms with Crippen LogP contribution in [0.1, 0.15) is 41.3 Å². The van der Waals surface area contributed by atoms with Crippen LogP contribution in [0, 0.1) is 11.8 Å². The van der Waals surface area contributed by atoms with Crippen molar-refractivity contribution in [3.05, 3.63) is 47.8 Å². The topological polar surface area (TPSA) is 96.7 Å². The molecule has 6 heteroatoms. The predicted molar refractivity (Wildman–Crippen MR) is 79.3 cm³/mol. The van der Waals surface area contributed by atoms with Crippen molar-refractivity contribution in [2.24, 2.45) is 5.73 Å². The number of rotatable bonds is 4. The molecule has 1 atom stereocenters. The van der Waals surface area contributed by atoms with E-state index in [1.54, 1.807) is 30.7 Å². The Morgan fingerprint density at radius 1 is 1.48 bits per heavy atom. The van der Waals surface area contributed by atoms with E-state index in [2.05, 4.69) is 32.1 Å². The van der Waals surface area contributed by atoms with Gasteiger partial charge in [0.1, 0.15) is 11.5 Å². The lowest BCUT2D eigenvalue weighted by molar-refractivity contribution is 0.0929. The molecule has 0 aliphatic carbocycles. The summed E-state index contributed by atoms with van der Waals surface area (Å²) >= 11 is 0. The third kappa shape index (κ3) is 3.91. The molecule has 1 unspecified atom stereocenters. The summed E-state index contributed by atoms with van der Waals surface area (Å²) in [6.45, 7) is 2.27. The zero-order valence-electron chi connectivity index (χ0n) is 11.8. The van der Waals surface area contributed by atoms with Crippen molar-refractivity contribution in [1.82, 2.24) is 20.3 Å². The van der Waals surface area contributed by atoms with Gasteiger partial charge in [-0.05, 0) is 18.6 Å². The lowest BCUT2D eigenvalue weighted by atomic mass is 10.2. The van der Waals surface area contributed by atoms with E-state index >= 15 is 0 Å². The fourth-order valence-corrected chi connectivity index (χ4v) is 1.82. The molecule has 4 N–H and O–H groups in total. The zero-order chi connectivity index (χ0) is 15.1. The van der Waals surface area contributed by atoms with Crippen molar-refractivity contribution >= 4 is 5.91 Å². The Bertz CT molecular complexity index is 637. The summed E-state index contributed by atoms with van der Waals surface area (Å²) in [5.41, 5.74) is 6.38.